The molecule has 0 atom stereocenters. The summed E-state index contributed by atoms with van der Waals surface area (Å²) < 4.78 is 5.31. The molecule has 0 aliphatic carbocycles. The maximum absolute atomic E-state index is 12.5. The summed E-state index contributed by atoms with van der Waals surface area (Å²) in [6.45, 7) is 5.96. The van der Waals surface area contributed by atoms with E-state index in [0.29, 0.717) is 37.6 Å². The van der Waals surface area contributed by atoms with Crippen LogP contribution in [0.2, 0.25) is 0 Å². The second-order valence-electron chi connectivity index (χ2n) is 4.77. The topological polar surface area (TPSA) is 91.9 Å². The largest absolute Gasteiger partial charge is 0.396 e. The van der Waals surface area contributed by atoms with Crippen LogP contribution in [0.1, 0.15) is 23.0 Å². The first-order valence-electron chi connectivity index (χ1n) is 7.16. The standard InChI is InChI=1S/C13H22N4O3S/c1-2-16(4-3-7-18)12(19)10-11(14)15-13(21-10)17-5-8-20-9-6-17/h18H,2-9,14H2,1H3. The monoisotopic (exact) mass is 314 g/mol. The number of amides is 1. The Labute approximate surface area is 128 Å². The number of carbonyl (C=O) groups is 1. The molecule has 21 heavy (non-hydrogen) atoms. The van der Waals surface area contributed by atoms with Crippen LogP contribution in [0.5, 0.6) is 0 Å². The van der Waals surface area contributed by atoms with E-state index in [1.54, 1.807) is 4.90 Å². The highest BCUT2D eigenvalue weighted by molar-refractivity contribution is 7.18. The van der Waals surface area contributed by atoms with Crippen LogP contribution < -0.4 is 10.6 Å². The molecule has 1 aromatic heterocycles. The normalized spacial score (nSPS) is 15.2. The highest BCUT2D eigenvalue weighted by Crippen LogP contribution is 2.29. The van der Waals surface area contributed by atoms with Gasteiger partial charge in [-0.25, -0.2) is 4.98 Å². The van der Waals surface area contributed by atoms with E-state index in [2.05, 4.69) is 9.88 Å². The Morgan fingerprint density at radius 1 is 1.52 bits per heavy atom. The highest BCUT2D eigenvalue weighted by atomic mass is 32.1. The number of hydrogen-bond acceptors (Lipinski definition) is 7. The molecule has 0 unspecified atom stereocenters. The van der Waals surface area contributed by atoms with Crippen LogP contribution in [-0.4, -0.2) is 66.9 Å². The predicted molar refractivity (Wildman–Crippen MR) is 82.8 cm³/mol. The van der Waals surface area contributed by atoms with Crippen LogP contribution in [0, 0.1) is 0 Å². The summed E-state index contributed by atoms with van der Waals surface area (Å²) in [6.07, 6.45) is 0.564. The molecule has 0 radical (unpaired) electrons. The number of nitrogen functional groups attached to an aromatic ring is 1. The minimum atomic E-state index is -0.111. The lowest BCUT2D eigenvalue weighted by Crippen LogP contribution is -2.36. The first kappa shape index (κ1) is 16.0. The summed E-state index contributed by atoms with van der Waals surface area (Å²) in [5.41, 5.74) is 5.91. The molecule has 7 nitrogen and oxygen atoms in total. The first-order chi connectivity index (χ1) is 10.2. The van der Waals surface area contributed by atoms with Gasteiger partial charge in [-0.15, -0.1) is 0 Å². The molecule has 0 saturated carbocycles. The van der Waals surface area contributed by atoms with Crippen LogP contribution in [0.25, 0.3) is 0 Å². The van der Waals surface area contributed by atoms with Crippen molar-refractivity contribution in [1.82, 2.24) is 9.88 Å². The van der Waals surface area contributed by atoms with Crippen molar-refractivity contribution in [3.05, 3.63) is 4.88 Å². The molecule has 118 valence electrons. The summed E-state index contributed by atoms with van der Waals surface area (Å²) in [5.74, 6) is 0.175. The molecule has 0 bridgehead atoms. The fourth-order valence-electron chi connectivity index (χ4n) is 2.17. The van der Waals surface area contributed by atoms with Crippen molar-refractivity contribution in [3.63, 3.8) is 0 Å². The second-order valence-corrected chi connectivity index (χ2v) is 5.75. The molecule has 2 heterocycles. The Balaban J connectivity index is 2.11. The predicted octanol–water partition coefficient (Wildman–Crippen LogP) is 0.406. The smallest absolute Gasteiger partial charge is 0.267 e. The molecule has 1 amide bonds. The van der Waals surface area contributed by atoms with Gasteiger partial charge in [-0.3, -0.25) is 4.79 Å². The number of carbonyl (C=O) groups excluding carboxylic acids is 1. The van der Waals surface area contributed by atoms with E-state index >= 15 is 0 Å². The number of rotatable bonds is 6. The van der Waals surface area contributed by atoms with Crippen molar-refractivity contribution in [2.75, 3.05) is 56.6 Å². The number of morpholine rings is 1. The third-order valence-electron chi connectivity index (χ3n) is 3.37. The van der Waals surface area contributed by atoms with Crippen LogP contribution in [0.4, 0.5) is 10.9 Å². The SMILES string of the molecule is CCN(CCCO)C(=O)c1sc(N2CCOCC2)nc1N. The van der Waals surface area contributed by atoms with Crippen molar-refractivity contribution in [3.8, 4) is 0 Å². The Bertz CT molecular complexity index is 474. The van der Waals surface area contributed by atoms with E-state index in [-0.39, 0.29) is 18.3 Å². The number of aromatic nitrogens is 1. The van der Waals surface area contributed by atoms with Gasteiger partial charge in [-0.1, -0.05) is 11.3 Å². The zero-order valence-corrected chi connectivity index (χ0v) is 13.1. The molecule has 1 fully saturated rings. The van der Waals surface area contributed by atoms with Gasteiger partial charge in [0.05, 0.1) is 13.2 Å². The molecule has 8 heteroatoms. The average Bonchev–Trinajstić information content (AvgIpc) is 2.90. The summed E-state index contributed by atoms with van der Waals surface area (Å²) >= 11 is 1.33. The van der Waals surface area contributed by atoms with E-state index in [0.717, 1.165) is 18.2 Å². The zero-order chi connectivity index (χ0) is 15.2. The van der Waals surface area contributed by atoms with E-state index in [1.807, 2.05) is 6.92 Å². The number of thiazole rings is 1. The fourth-order valence-corrected chi connectivity index (χ4v) is 3.18. The Hall–Kier alpha value is -1.38. The summed E-state index contributed by atoms with van der Waals surface area (Å²) in [7, 11) is 0. The molecule has 1 aliphatic heterocycles. The van der Waals surface area contributed by atoms with Gasteiger partial charge in [0.2, 0.25) is 0 Å². The number of anilines is 2. The molecule has 1 aliphatic rings. The molecular weight excluding hydrogens is 292 g/mol. The molecular formula is C13H22N4O3S. The van der Waals surface area contributed by atoms with Crippen LogP contribution in [0.3, 0.4) is 0 Å². The van der Waals surface area contributed by atoms with Gasteiger partial charge in [0.25, 0.3) is 5.91 Å². The van der Waals surface area contributed by atoms with Crippen LogP contribution in [-0.2, 0) is 4.74 Å². The minimum absolute atomic E-state index is 0.0704. The Morgan fingerprint density at radius 3 is 2.86 bits per heavy atom. The number of aliphatic hydroxyl groups excluding tert-OH is 1. The molecule has 3 N–H and O–H groups in total. The fraction of sp³-hybridized carbons (Fsp3) is 0.692. The van der Waals surface area contributed by atoms with Crippen molar-refractivity contribution in [1.29, 1.82) is 0 Å². The van der Waals surface area contributed by atoms with Crippen molar-refractivity contribution in [2.45, 2.75) is 13.3 Å². The lowest BCUT2D eigenvalue weighted by Gasteiger charge is -2.26. The van der Waals surface area contributed by atoms with Crippen LogP contribution in [0.15, 0.2) is 0 Å². The summed E-state index contributed by atoms with van der Waals surface area (Å²) in [6, 6.07) is 0. The number of aliphatic hydroxyl groups is 1. The number of nitrogens with zero attached hydrogens (tertiary/aromatic N) is 3. The number of nitrogens with two attached hydrogens (primary N) is 1. The molecule has 0 aromatic carbocycles. The van der Waals surface area contributed by atoms with Gasteiger partial charge in [0, 0.05) is 32.8 Å². The zero-order valence-electron chi connectivity index (χ0n) is 12.2. The van der Waals surface area contributed by atoms with E-state index in [1.165, 1.54) is 11.3 Å². The first-order valence-corrected chi connectivity index (χ1v) is 7.98. The molecule has 1 aromatic rings. The minimum Gasteiger partial charge on any atom is -0.396 e. The molecule has 1 saturated heterocycles. The van der Waals surface area contributed by atoms with Gasteiger partial charge in [-0.2, -0.15) is 0 Å². The van der Waals surface area contributed by atoms with E-state index in [9.17, 15) is 4.79 Å². The van der Waals surface area contributed by atoms with Crippen LogP contribution >= 0.6 is 11.3 Å². The summed E-state index contributed by atoms with van der Waals surface area (Å²) in [4.78, 5) is 21.1. The number of hydrogen-bond donors (Lipinski definition) is 2. The van der Waals surface area contributed by atoms with Gasteiger partial charge in [0.15, 0.2) is 5.13 Å². The Kier molecular flexibility index (Phi) is 5.77. The van der Waals surface area contributed by atoms with Gasteiger partial charge in [0.1, 0.15) is 10.7 Å². The lowest BCUT2D eigenvalue weighted by atomic mass is 10.3. The van der Waals surface area contributed by atoms with Crippen molar-refractivity contribution >= 4 is 28.2 Å². The maximum Gasteiger partial charge on any atom is 0.267 e. The summed E-state index contributed by atoms with van der Waals surface area (Å²) in [5, 5.41) is 9.68. The van der Waals surface area contributed by atoms with E-state index < -0.39 is 0 Å². The van der Waals surface area contributed by atoms with Gasteiger partial charge >= 0.3 is 0 Å². The highest BCUT2D eigenvalue weighted by Gasteiger charge is 2.23. The van der Waals surface area contributed by atoms with E-state index in [4.69, 9.17) is 15.6 Å². The maximum atomic E-state index is 12.5. The van der Waals surface area contributed by atoms with Crippen molar-refractivity contribution in [2.24, 2.45) is 0 Å². The van der Waals surface area contributed by atoms with Crippen molar-refractivity contribution < 1.29 is 14.6 Å². The second kappa shape index (κ2) is 7.58. The van der Waals surface area contributed by atoms with Gasteiger partial charge < -0.3 is 25.4 Å². The average molecular weight is 314 g/mol. The third kappa shape index (κ3) is 3.84. The number of ether oxygens (including phenoxy) is 1. The molecule has 0 spiro atoms. The quantitative estimate of drug-likeness (QED) is 0.790. The molecule has 2 rings (SSSR count). The Morgan fingerprint density at radius 2 is 2.24 bits per heavy atom. The third-order valence-corrected chi connectivity index (χ3v) is 4.49. The lowest BCUT2D eigenvalue weighted by molar-refractivity contribution is 0.0760. The van der Waals surface area contributed by atoms with Gasteiger partial charge in [-0.05, 0) is 13.3 Å².